The van der Waals surface area contributed by atoms with Crippen molar-refractivity contribution < 1.29 is 14.2 Å². The van der Waals surface area contributed by atoms with Crippen molar-refractivity contribution in [3.05, 3.63) is 23.8 Å². The molecule has 1 unspecified atom stereocenters. The molecule has 0 radical (unpaired) electrons. The van der Waals surface area contributed by atoms with Crippen molar-refractivity contribution in [2.45, 2.75) is 6.36 Å². The molecule has 4 heteroatoms. The topological polar surface area (TPSA) is 44.5 Å². The monoisotopic (exact) mass is 155 g/mol. The second-order valence-electron chi connectivity index (χ2n) is 2.29. The zero-order chi connectivity index (χ0) is 7.84. The lowest BCUT2D eigenvalue weighted by Crippen LogP contribution is -1.88. The van der Waals surface area contributed by atoms with Gasteiger partial charge in [0, 0.05) is 5.69 Å². The average Bonchev–Trinajstić information content (AvgIpc) is 2.33. The Morgan fingerprint density at radius 1 is 1.45 bits per heavy atom. The van der Waals surface area contributed by atoms with Crippen LogP contribution in [0.2, 0.25) is 0 Å². The first-order valence-corrected chi connectivity index (χ1v) is 3.14. The molecule has 11 heavy (non-hydrogen) atoms. The van der Waals surface area contributed by atoms with Crippen molar-refractivity contribution in [3.8, 4) is 5.75 Å². The molecule has 0 bridgehead atoms. The number of alkyl halides is 1. The summed E-state index contributed by atoms with van der Waals surface area (Å²) in [5, 5.41) is 0. The summed E-state index contributed by atoms with van der Waals surface area (Å²) in [6.07, 6.45) is -1.51. The summed E-state index contributed by atoms with van der Waals surface area (Å²) in [4.78, 5) is 8.79. The molecule has 1 aromatic rings. The fourth-order valence-electron chi connectivity index (χ4n) is 0.966. The molecule has 2 N–H and O–H groups in total. The molecular formula is C7H6FNO2. The Kier molecular flexibility index (Phi) is 1.22. The summed E-state index contributed by atoms with van der Waals surface area (Å²) in [5.74, 6) is 0.395. The van der Waals surface area contributed by atoms with Crippen molar-refractivity contribution in [2.75, 3.05) is 5.73 Å². The van der Waals surface area contributed by atoms with Crippen LogP contribution in [0.15, 0.2) is 18.2 Å². The molecule has 1 atom stereocenters. The third-order valence-electron chi connectivity index (χ3n) is 1.50. The van der Waals surface area contributed by atoms with Crippen LogP contribution in [0.5, 0.6) is 5.75 Å². The normalized spacial score (nSPS) is 21.0. The predicted molar refractivity (Wildman–Crippen MR) is 36.4 cm³/mol. The molecule has 0 amide bonds. The fourth-order valence-corrected chi connectivity index (χ4v) is 0.966. The summed E-state index contributed by atoms with van der Waals surface area (Å²) < 4.78 is 12.7. The summed E-state index contributed by atoms with van der Waals surface area (Å²) in [5.41, 5.74) is 6.27. The Morgan fingerprint density at radius 2 is 2.27 bits per heavy atom. The standard InChI is InChI=1S/C7H6FNO2/c8-7-5-3-4(9)1-2-6(5)10-11-7/h1-3,7H,9H2. The van der Waals surface area contributed by atoms with Crippen molar-refractivity contribution in [1.29, 1.82) is 0 Å². The highest BCUT2D eigenvalue weighted by Gasteiger charge is 2.25. The Morgan fingerprint density at radius 3 is 3.09 bits per heavy atom. The van der Waals surface area contributed by atoms with Gasteiger partial charge in [0.2, 0.25) is 0 Å². The van der Waals surface area contributed by atoms with Gasteiger partial charge in [-0.25, -0.2) is 4.39 Å². The molecule has 1 aliphatic rings. The number of fused-ring (bicyclic) bond motifs is 1. The highest BCUT2D eigenvalue weighted by Crippen LogP contribution is 2.36. The molecule has 3 nitrogen and oxygen atoms in total. The van der Waals surface area contributed by atoms with E-state index in [2.05, 4.69) is 9.78 Å². The van der Waals surface area contributed by atoms with Crippen LogP contribution in [0, 0.1) is 0 Å². The average molecular weight is 155 g/mol. The van der Waals surface area contributed by atoms with E-state index in [1.54, 1.807) is 12.1 Å². The second kappa shape index (κ2) is 2.10. The molecule has 1 aromatic carbocycles. The van der Waals surface area contributed by atoms with Crippen molar-refractivity contribution in [2.24, 2.45) is 0 Å². The van der Waals surface area contributed by atoms with Crippen molar-refractivity contribution in [3.63, 3.8) is 0 Å². The zero-order valence-electron chi connectivity index (χ0n) is 5.58. The molecule has 0 aromatic heterocycles. The number of hydrogen-bond donors (Lipinski definition) is 1. The molecular weight excluding hydrogens is 149 g/mol. The summed E-state index contributed by atoms with van der Waals surface area (Å²) in [6, 6.07) is 4.69. The van der Waals surface area contributed by atoms with Gasteiger partial charge in [0.25, 0.3) is 6.36 Å². The number of anilines is 1. The zero-order valence-corrected chi connectivity index (χ0v) is 5.58. The molecule has 1 heterocycles. The maximum Gasteiger partial charge on any atom is 0.271 e. The van der Waals surface area contributed by atoms with Gasteiger partial charge < -0.3 is 10.6 Å². The van der Waals surface area contributed by atoms with E-state index < -0.39 is 6.36 Å². The molecule has 0 fully saturated rings. The van der Waals surface area contributed by atoms with Gasteiger partial charge in [0.15, 0.2) is 5.75 Å². The highest BCUT2D eigenvalue weighted by molar-refractivity contribution is 5.48. The quantitative estimate of drug-likeness (QED) is 0.456. The van der Waals surface area contributed by atoms with E-state index in [-0.39, 0.29) is 0 Å². The molecule has 0 aliphatic carbocycles. The number of nitrogen functional groups attached to an aromatic ring is 1. The second-order valence-corrected chi connectivity index (χ2v) is 2.29. The van der Waals surface area contributed by atoms with E-state index in [0.717, 1.165) is 0 Å². The summed E-state index contributed by atoms with van der Waals surface area (Å²) in [7, 11) is 0. The smallest absolute Gasteiger partial charge is 0.271 e. The number of benzene rings is 1. The first-order chi connectivity index (χ1) is 5.27. The minimum atomic E-state index is -1.51. The first-order valence-electron chi connectivity index (χ1n) is 3.14. The van der Waals surface area contributed by atoms with Crippen LogP contribution >= 0.6 is 0 Å². The number of hydrogen-bond acceptors (Lipinski definition) is 3. The van der Waals surface area contributed by atoms with E-state index in [9.17, 15) is 4.39 Å². The molecule has 1 aliphatic heterocycles. The molecule has 0 saturated carbocycles. The van der Waals surface area contributed by atoms with Gasteiger partial charge in [-0.15, -0.1) is 4.89 Å². The fraction of sp³-hybridized carbons (Fsp3) is 0.143. The van der Waals surface area contributed by atoms with E-state index in [4.69, 9.17) is 5.73 Å². The largest absolute Gasteiger partial charge is 0.399 e. The maximum atomic E-state index is 12.7. The Bertz CT molecular complexity index is 290. The van der Waals surface area contributed by atoms with Crippen molar-refractivity contribution in [1.82, 2.24) is 0 Å². The molecule has 58 valence electrons. The van der Waals surface area contributed by atoms with Gasteiger partial charge in [-0.1, -0.05) is 0 Å². The van der Waals surface area contributed by atoms with Crippen LogP contribution in [-0.4, -0.2) is 0 Å². The Balaban J connectivity index is 2.52. The molecule has 0 saturated heterocycles. The van der Waals surface area contributed by atoms with Gasteiger partial charge >= 0.3 is 0 Å². The summed E-state index contributed by atoms with van der Waals surface area (Å²) >= 11 is 0. The number of rotatable bonds is 0. The lowest BCUT2D eigenvalue weighted by molar-refractivity contribution is -0.260. The number of nitrogens with two attached hydrogens (primary N) is 1. The SMILES string of the molecule is Nc1ccc2c(c1)C(F)OO2. The van der Waals surface area contributed by atoms with Gasteiger partial charge in [-0.3, -0.25) is 0 Å². The minimum absolute atomic E-state index is 0.352. The van der Waals surface area contributed by atoms with Crippen molar-refractivity contribution >= 4 is 5.69 Å². The van der Waals surface area contributed by atoms with Crippen LogP contribution in [0.1, 0.15) is 11.9 Å². The minimum Gasteiger partial charge on any atom is -0.399 e. The lowest BCUT2D eigenvalue weighted by Gasteiger charge is -1.95. The van der Waals surface area contributed by atoms with Gasteiger partial charge in [-0.2, -0.15) is 0 Å². The molecule has 0 spiro atoms. The van der Waals surface area contributed by atoms with E-state index in [1.807, 2.05) is 0 Å². The van der Waals surface area contributed by atoms with Gasteiger partial charge in [0.05, 0.1) is 5.56 Å². The third-order valence-corrected chi connectivity index (χ3v) is 1.50. The van der Waals surface area contributed by atoms with Crippen LogP contribution in [-0.2, 0) is 4.89 Å². The van der Waals surface area contributed by atoms with Crippen LogP contribution in [0.3, 0.4) is 0 Å². The van der Waals surface area contributed by atoms with Gasteiger partial charge in [0.1, 0.15) is 0 Å². The predicted octanol–water partition coefficient (Wildman–Crippen LogP) is 1.56. The van der Waals surface area contributed by atoms with E-state index in [1.165, 1.54) is 6.07 Å². The van der Waals surface area contributed by atoms with E-state index >= 15 is 0 Å². The van der Waals surface area contributed by atoms with Crippen LogP contribution in [0.4, 0.5) is 10.1 Å². The third kappa shape index (κ3) is 0.914. The summed E-state index contributed by atoms with van der Waals surface area (Å²) in [6.45, 7) is 0. The Hall–Kier alpha value is -1.29. The van der Waals surface area contributed by atoms with Gasteiger partial charge in [-0.05, 0) is 18.2 Å². The lowest BCUT2D eigenvalue weighted by atomic mass is 10.2. The Labute approximate surface area is 62.5 Å². The van der Waals surface area contributed by atoms with Crippen LogP contribution < -0.4 is 10.6 Å². The van der Waals surface area contributed by atoms with E-state index in [0.29, 0.717) is 17.0 Å². The first kappa shape index (κ1) is 6.42. The highest BCUT2D eigenvalue weighted by atomic mass is 19.1. The molecule has 2 rings (SSSR count). The number of halogens is 1. The van der Waals surface area contributed by atoms with Crippen LogP contribution in [0.25, 0.3) is 0 Å². The maximum absolute atomic E-state index is 12.7.